The second-order valence-corrected chi connectivity index (χ2v) is 10.6. The first-order chi connectivity index (χ1) is 12.2. The number of β-lactam (4-membered cyclic amide) rings is 1. The topological polar surface area (TPSA) is 98.4 Å². The molecule has 3 heterocycles. The summed E-state index contributed by atoms with van der Waals surface area (Å²) < 4.78 is 10.6. The fourth-order valence-electron chi connectivity index (χ4n) is 2.49. The summed E-state index contributed by atoms with van der Waals surface area (Å²) in [6.45, 7) is 5.43. The van der Waals surface area contributed by atoms with Crippen LogP contribution < -0.4 is 5.73 Å². The molecule has 142 valence electrons. The molecule has 1 unspecified atom stereocenters. The monoisotopic (exact) mass is 432 g/mol. The highest BCUT2D eigenvalue weighted by Gasteiger charge is 2.52. The molecule has 0 bridgehead atoms. The van der Waals surface area contributed by atoms with Gasteiger partial charge in [-0.05, 0) is 44.1 Å². The minimum atomic E-state index is -0.634. The number of nitrogens with zero attached hydrogens (tertiary/aromatic N) is 3. The van der Waals surface area contributed by atoms with E-state index in [-0.39, 0.29) is 11.3 Å². The first-order valence-electron chi connectivity index (χ1n) is 7.87. The van der Waals surface area contributed by atoms with Crippen molar-refractivity contribution >= 4 is 58.7 Å². The Kier molecular flexibility index (Phi) is 5.92. The number of esters is 1. The zero-order valence-electron chi connectivity index (χ0n) is 14.8. The SMILES string of the molecule is CSc1nsc(SCC2=C(C(=O)OC(C)(C)C)N3C(=O)C(N)[C@@H]3SC2)n1. The smallest absolute Gasteiger partial charge is 0.355 e. The van der Waals surface area contributed by atoms with E-state index in [1.807, 2.05) is 27.0 Å². The summed E-state index contributed by atoms with van der Waals surface area (Å²) in [4.78, 5) is 30.9. The van der Waals surface area contributed by atoms with Gasteiger partial charge in [-0.25, -0.2) is 9.78 Å². The molecule has 2 aliphatic heterocycles. The van der Waals surface area contributed by atoms with Crippen molar-refractivity contribution in [3.05, 3.63) is 11.3 Å². The average Bonchev–Trinajstić information content (AvgIpc) is 3.04. The van der Waals surface area contributed by atoms with E-state index < -0.39 is 17.6 Å². The van der Waals surface area contributed by atoms with E-state index in [4.69, 9.17) is 10.5 Å². The predicted octanol–water partition coefficient (Wildman–Crippen LogP) is 2.19. The van der Waals surface area contributed by atoms with E-state index in [1.165, 1.54) is 40.0 Å². The molecule has 1 fully saturated rings. The molecule has 2 atom stereocenters. The Morgan fingerprint density at radius 1 is 1.46 bits per heavy atom. The van der Waals surface area contributed by atoms with E-state index in [2.05, 4.69) is 9.36 Å². The Balaban J connectivity index is 1.83. The van der Waals surface area contributed by atoms with Crippen LogP contribution in [0.5, 0.6) is 0 Å². The molecule has 1 saturated heterocycles. The van der Waals surface area contributed by atoms with Gasteiger partial charge in [0.25, 0.3) is 0 Å². The highest BCUT2D eigenvalue weighted by atomic mass is 32.2. The fourth-order valence-corrected chi connectivity index (χ4v) is 6.13. The molecule has 7 nitrogen and oxygen atoms in total. The zero-order valence-corrected chi connectivity index (χ0v) is 18.1. The van der Waals surface area contributed by atoms with Crippen molar-refractivity contribution in [3.8, 4) is 0 Å². The third-order valence-electron chi connectivity index (χ3n) is 3.62. The minimum Gasteiger partial charge on any atom is -0.455 e. The molecular weight excluding hydrogens is 412 g/mol. The largest absolute Gasteiger partial charge is 0.455 e. The van der Waals surface area contributed by atoms with Crippen molar-refractivity contribution in [2.45, 2.75) is 47.3 Å². The molecule has 2 aliphatic rings. The van der Waals surface area contributed by atoms with Gasteiger partial charge in [0, 0.05) is 11.5 Å². The maximum atomic E-state index is 12.8. The van der Waals surface area contributed by atoms with Gasteiger partial charge in [0.2, 0.25) is 11.1 Å². The lowest BCUT2D eigenvalue weighted by molar-refractivity contribution is -0.157. The lowest BCUT2D eigenvalue weighted by Crippen LogP contribution is -2.68. The van der Waals surface area contributed by atoms with Crippen LogP contribution in [-0.2, 0) is 14.3 Å². The molecule has 1 aromatic rings. The summed E-state index contributed by atoms with van der Waals surface area (Å²) >= 11 is 5.92. The first-order valence-corrected chi connectivity index (χ1v) is 11.9. The molecule has 26 heavy (non-hydrogen) atoms. The number of nitrogens with two attached hydrogens (primary N) is 1. The van der Waals surface area contributed by atoms with Gasteiger partial charge in [0.15, 0.2) is 4.34 Å². The standard InChI is InChI=1S/C15H20N4O3S4/c1-15(2,3)22-12(21)9-7(5-24-11-8(16)10(20)19(9)11)6-25-14-17-13(23-4)18-26-14/h8,11H,5-6,16H2,1-4H3/t8?,11-/m0/s1. The van der Waals surface area contributed by atoms with Gasteiger partial charge in [-0.3, -0.25) is 9.69 Å². The molecule has 2 N–H and O–H groups in total. The van der Waals surface area contributed by atoms with Crippen LogP contribution in [0.25, 0.3) is 0 Å². The number of rotatable bonds is 5. The van der Waals surface area contributed by atoms with Gasteiger partial charge >= 0.3 is 5.97 Å². The third-order valence-corrected chi connectivity index (χ3v) is 7.57. The molecule has 0 radical (unpaired) electrons. The van der Waals surface area contributed by atoms with Crippen molar-refractivity contribution in [2.75, 3.05) is 17.8 Å². The van der Waals surface area contributed by atoms with Crippen LogP contribution in [0.2, 0.25) is 0 Å². The van der Waals surface area contributed by atoms with Crippen molar-refractivity contribution in [1.29, 1.82) is 0 Å². The molecule has 0 aliphatic carbocycles. The fraction of sp³-hybridized carbons (Fsp3) is 0.600. The van der Waals surface area contributed by atoms with Gasteiger partial charge in [0.1, 0.15) is 22.7 Å². The second-order valence-electron chi connectivity index (χ2n) is 6.73. The van der Waals surface area contributed by atoms with Gasteiger partial charge in [-0.15, -0.1) is 11.8 Å². The molecule has 3 rings (SSSR count). The Morgan fingerprint density at radius 3 is 2.81 bits per heavy atom. The maximum Gasteiger partial charge on any atom is 0.355 e. The van der Waals surface area contributed by atoms with Gasteiger partial charge in [0.05, 0.1) is 0 Å². The normalized spacial score (nSPS) is 23.0. The Hall–Kier alpha value is -0.750. The number of thioether (sulfide) groups is 3. The lowest BCUT2D eigenvalue weighted by atomic mass is 10.0. The van der Waals surface area contributed by atoms with Gasteiger partial charge < -0.3 is 10.5 Å². The second kappa shape index (κ2) is 7.70. The maximum absolute atomic E-state index is 12.8. The van der Waals surface area contributed by atoms with Crippen LogP contribution in [0, 0.1) is 0 Å². The summed E-state index contributed by atoms with van der Waals surface area (Å²) in [7, 11) is 0. The Labute approximate surface area is 169 Å². The molecule has 1 amide bonds. The van der Waals surface area contributed by atoms with Crippen LogP contribution in [0.15, 0.2) is 20.8 Å². The summed E-state index contributed by atoms with van der Waals surface area (Å²) in [5.74, 6) is 0.487. The average molecular weight is 433 g/mol. The molecular formula is C15H20N4O3S4. The van der Waals surface area contributed by atoms with Gasteiger partial charge in [-0.2, -0.15) is 4.37 Å². The summed E-state index contributed by atoms with van der Waals surface area (Å²) in [6.07, 6.45) is 1.93. The third kappa shape index (κ3) is 4.06. The molecule has 11 heteroatoms. The molecule has 1 aromatic heterocycles. The van der Waals surface area contributed by atoms with E-state index in [9.17, 15) is 9.59 Å². The number of aromatic nitrogens is 2. The van der Waals surface area contributed by atoms with Crippen LogP contribution in [0.4, 0.5) is 0 Å². The highest BCUT2D eigenvalue weighted by Crippen LogP contribution is 2.41. The zero-order chi connectivity index (χ0) is 19.1. The van der Waals surface area contributed by atoms with Crippen molar-refractivity contribution in [2.24, 2.45) is 5.73 Å². The van der Waals surface area contributed by atoms with Crippen LogP contribution >= 0.6 is 46.8 Å². The van der Waals surface area contributed by atoms with E-state index in [1.54, 1.807) is 11.8 Å². The van der Waals surface area contributed by atoms with Gasteiger partial charge in [-0.1, -0.05) is 23.5 Å². The number of carbonyl (C=O) groups is 2. The Morgan fingerprint density at radius 2 is 2.19 bits per heavy atom. The van der Waals surface area contributed by atoms with Crippen molar-refractivity contribution in [3.63, 3.8) is 0 Å². The summed E-state index contributed by atoms with van der Waals surface area (Å²) in [5, 5.41) is 0.546. The number of carbonyl (C=O) groups excluding carboxylic acids is 2. The van der Waals surface area contributed by atoms with Crippen molar-refractivity contribution in [1.82, 2.24) is 14.3 Å². The first kappa shape index (κ1) is 20.0. The van der Waals surface area contributed by atoms with Crippen molar-refractivity contribution < 1.29 is 14.3 Å². The number of hydrogen-bond acceptors (Lipinski definition) is 10. The summed E-state index contributed by atoms with van der Waals surface area (Å²) in [5.41, 5.74) is 6.46. The minimum absolute atomic E-state index is 0.191. The van der Waals surface area contributed by atoms with E-state index in [0.29, 0.717) is 17.2 Å². The van der Waals surface area contributed by atoms with E-state index >= 15 is 0 Å². The van der Waals surface area contributed by atoms with E-state index in [0.717, 1.165) is 15.1 Å². The van der Waals surface area contributed by atoms with Crippen LogP contribution in [0.1, 0.15) is 20.8 Å². The molecule has 0 saturated carbocycles. The number of ether oxygens (including phenoxy) is 1. The molecule has 0 spiro atoms. The quantitative estimate of drug-likeness (QED) is 0.426. The highest BCUT2D eigenvalue weighted by molar-refractivity contribution is 8.02. The molecule has 0 aromatic carbocycles. The van der Waals surface area contributed by atoms with Crippen LogP contribution in [-0.4, -0.2) is 60.9 Å². The van der Waals surface area contributed by atoms with Crippen LogP contribution in [0.3, 0.4) is 0 Å². The Bertz CT molecular complexity index is 758. The summed E-state index contributed by atoms with van der Waals surface area (Å²) in [6, 6.07) is -0.557. The number of hydrogen-bond donors (Lipinski definition) is 1. The number of fused-ring (bicyclic) bond motifs is 1. The number of amides is 1. The predicted molar refractivity (Wildman–Crippen MR) is 106 cm³/mol. The lowest BCUT2D eigenvalue weighted by Gasteiger charge is -2.48.